The Morgan fingerprint density at radius 1 is 1.07 bits per heavy atom. The molecule has 146 valence electrons. The molecule has 2 aromatic carbocycles. The van der Waals surface area contributed by atoms with Crippen molar-refractivity contribution in [2.24, 2.45) is 0 Å². The van der Waals surface area contributed by atoms with Gasteiger partial charge < -0.3 is 9.15 Å². The molecule has 0 unspecified atom stereocenters. The molecule has 0 aliphatic carbocycles. The van der Waals surface area contributed by atoms with E-state index < -0.39 is 10.0 Å². The minimum Gasteiger partial charge on any atom is -0.416 e. The fraction of sp³-hybridized carbons (Fsp3) is 0.300. The Bertz CT molecular complexity index is 1060. The Balaban J connectivity index is 1.54. The summed E-state index contributed by atoms with van der Waals surface area (Å²) in [5.41, 5.74) is 2.49. The lowest BCUT2D eigenvalue weighted by molar-refractivity contribution is 0.114. The van der Waals surface area contributed by atoms with Gasteiger partial charge >= 0.3 is 0 Å². The fourth-order valence-electron chi connectivity index (χ4n) is 3.04. The zero-order valence-corrected chi connectivity index (χ0v) is 16.3. The van der Waals surface area contributed by atoms with Crippen molar-refractivity contribution in [2.45, 2.75) is 30.8 Å². The fourth-order valence-corrected chi connectivity index (χ4v) is 4.15. The van der Waals surface area contributed by atoms with Crippen LogP contribution in [0.1, 0.15) is 18.4 Å². The highest BCUT2D eigenvalue weighted by Crippen LogP contribution is 2.26. The average molecular weight is 399 g/mol. The first-order valence-electron chi connectivity index (χ1n) is 9.13. The molecule has 1 N–H and O–H groups in total. The molecule has 1 aromatic heterocycles. The monoisotopic (exact) mass is 399 g/mol. The number of hydrogen-bond donors (Lipinski definition) is 1. The summed E-state index contributed by atoms with van der Waals surface area (Å²) in [4.78, 5) is 0.151. The summed E-state index contributed by atoms with van der Waals surface area (Å²) in [6.07, 6.45) is 1.76. The molecule has 4 rings (SSSR count). The standard InChI is InChI=1S/C20H21N3O4S/c1-14-7-9-15(10-8-14)19-22-23-20(27-19)16-4-2-6-18(12-16)28(24,25)21-13-17-5-3-11-26-17/h2,4,6-10,12,17,21H,3,5,11,13H2,1H3/t17-/m1/s1. The van der Waals surface area contributed by atoms with Gasteiger partial charge in [-0.25, -0.2) is 13.1 Å². The van der Waals surface area contributed by atoms with Crippen LogP contribution in [0.4, 0.5) is 0 Å². The summed E-state index contributed by atoms with van der Waals surface area (Å²) in [7, 11) is -3.65. The number of nitrogens with one attached hydrogen (secondary N) is 1. The zero-order chi connectivity index (χ0) is 19.6. The van der Waals surface area contributed by atoms with Crippen LogP contribution in [0, 0.1) is 6.92 Å². The lowest BCUT2D eigenvalue weighted by Gasteiger charge is -2.11. The molecule has 0 spiro atoms. The van der Waals surface area contributed by atoms with Gasteiger partial charge in [-0.05, 0) is 50.1 Å². The number of benzene rings is 2. The maximum absolute atomic E-state index is 12.6. The predicted molar refractivity (Wildman–Crippen MR) is 104 cm³/mol. The molecule has 1 fully saturated rings. The highest BCUT2D eigenvalue weighted by Gasteiger charge is 2.21. The maximum Gasteiger partial charge on any atom is 0.248 e. The van der Waals surface area contributed by atoms with Crippen molar-refractivity contribution in [3.05, 3.63) is 54.1 Å². The molecule has 0 radical (unpaired) electrons. The molecule has 0 bridgehead atoms. The summed E-state index contributed by atoms with van der Waals surface area (Å²) < 4.78 is 39.0. The van der Waals surface area contributed by atoms with Crippen molar-refractivity contribution in [3.8, 4) is 22.9 Å². The Morgan fingerprint density at radius 2 is 1.82 bits per heavy atom. The Morgan fingerprint density at radius 3 is 2.54 bits per heavy atom. The van der Waals surface area contributed by atoms with Crippen LogP contribution < -0.4 is 4.72 Å². The summed E-state index contributed by atoms with van der Waals surface area (Å²) >= 11 is 0. The smallest absolute Gasteiger partial charge is 0.248 e. The SMILES string of the molecule is Cc1ccc(-c2nnc(-c3cccc(S(=O)(=O)NC[C@H]4CCCO4)c3)o2)cc1. The van der Waals surface area contributed by atoms with Gasteiger partial charge in [0.05, 0.1) is 11.0 Å². The second kappa shape index (κ2) is 7.83. The third-order valence-corrected chi connectivity index (χ3v) is 6.06. The normalized spacial score (nSPS) is 17.1. The van der Waals surface area contributed by atoms with E-state index in [2.05, 4.69) is 14.9 Å². The molecule has 2 heterocycles. The van der Waals surface area contributed by atoms with Crippen LogP contribution in [0.3, 0.4) is 0 Å². The van der Waals surface area contributed by atoms with Crippen molar-refractivity contribution in [2.75, 3.05) is 13.2 Å². The highest BCUT2D eigenvalue weighted by atomic mass is 32.2. The van der Waals surface area contributed by atoms with E-state index in [0.717, 1.165) is 24.0 Å². The van der Waals surface area contributed by atoms with Crippen molar-refractivity contribution < 1.29 is 17.6 Å². The van der Waals surface area contributed by atoms with E-state index in [4.69, 9.17) is 9.15 Å². The lowest BCUT2D eigenvalue weighted by Crippen LogP contribution is -2.31. The molecule has 28 heavy (non-hydrogen) atoms. The van der Waals surface area contributed by atoms with E-state index in [9.17, 15) is 8.42 Å². The van der Waals surface area contributed by atoms with Gasteiger partial charge in [0.15, 0.2) is 0 Å². The zero-order valence-electron chi connectivity index (χ0n) is 15.5. The van der Waals surface area contributed by atoms with Gasteiger partial charge in [-0.3, -0.25) is 0 Å². The van der Waals surface area contributed by atoms with Crippen molar-refractivity contribution in [1.82, 2.24) is 14.9 Å². The van der Waals surface area contributed by atoms with Gasteiger partial charge in [-0.2, -0.15) is 0 Å². The molecular weight excluding hydrogens is 378 g/mol. The van der Waals surface area contributed by atoms with E-state index in [1.807, 2.05) is 31.2 Å². The van der Waals surface area contributed by atoms with Crippen LogP contribution in [0.5, 0.6) is 0 Å². The van der Waals surface area contributed by atoms with Gasteiger partial charge in [0.25, 0.3) is 0 Å². The predicted octanol–water partition coefficient (Wildman–Crippen LogP) is 3.17. The van der Waals surface area contributed by atoms with E-state index in [1.165, 1.54) is 6.07 Å². The van der Waals surface area contributed by atoms with Gasteiger partial charge in [-0.15, -0.1) is 10.2 Å². The molecule has 7 nitrogen and oxygen atoms in total. The van der Waals surface area contributed by atoms with Gasteiger partial charge in [-0.1, -0.05) is 23.8 Å². The lowest BCUT2D eigenvalue weighted by atomic mass is 10.1. The highest BCUT2D eigenvalue weighted by molar-refractivity contribution is 7.89. The summed E-state index contributed by atoms with van der Waals surface area (Å²) in [5.74, 6) is 0.659. The average Bonchev–Trinajstić information content (AvgIpc) is 3.39. The van der Waals surface area contributed by atoms with Gasteiger partial charge in [0, 0.05) is 24.3 Å². The molecule has 8 heteroatoms. The first-order chi connectivity index (χ1) is 13.5. The number of hydrogen-bond acceptors (Lipinski definition) is 6. The molecule has 1 saturated heterocycles. The molecule has 3 aromatic rings. The quantitative estimate of drug-likeness (QED) is 0.684. The van der Waals surface area contributed by atoms with Crippen molar-refractivity contribution >= 4 is 10.0 Å². The summed E-state index contributed by atoms with van der Waals surface area (Å²) in [5, 5.41) is 8.14. The van der Waals surface area contributed by atoms with Crippen LogP contribution in [0.2, 0.25) is 0 Å². The molecule has 0 saturated carbocycles. The second-order valence-corrected chi connectivity index (χ2v) is 8.56. The summed E-state index contributed by atoms with van der Waals surface area (Å²) in [6.45, 7) is 2.95. The maximum atomic E-state index is 12.6. The third-order valence-electron chi connectivity index (χ3n) is 4.64. The number of aromatic nitrogens is 2. The molecule has 1 aliphatic heterocycles. The van der Waals surface area contributed by atoms with Crippen LogP contribution in [0.25, 0.3) is 22.9 Å². The van der Waals surface area contributed by atoms with Gasteiger partial charge in [0.1, 0.15) is 0 Å². The first-order valence-corrected chi connectivity index (χ1v) is 10.6. The Labute approximate surface area is 163 Å². The number of ether oxygens (including phenoxy) is 1. The first kappa shape index (κ1) is 18.8. The number of rotatable bonds is 6. The largest absolute Gasteiger partial charge is 0.416 e. The van der Waals surface area contributed by atoms with Gasteiger partial charge in [0.2, 0.25) is 21.8 Å². The molecule has 1 aliphatic rings. The Hall–Kier alpha value is -2.55. The third kappa shape index (κ3) is 4.14. The number of aryl methyl sites for hydroxylation is 1. The minimum atomic E-state index is -3.65. The number of sulfonamides is 1. The van der Waals surface area contributed by atoms with Crippen LogP contribution >= 0.6 is 0 Å². The van der Waals surface area contributed by atoms with E-state index in [0.29, 0.717) is 18.1 Å². The van der Waals surface area contributed by atoms with Crippen molar-refractivity contribution in [3.63, 3.8) is 0 Å². The Kier molecular flexibility index (Phi) is 5.25. The van der Waals surface area contributed by atoms with Crippen LogP contribution in [0.15, 0.2) is 57.8 Å². The number of nitrogens with zero attached hydrogens (tertiary/aromatic N) is 2. The van der Waals surface area contributed by atoms with E-state index in [1.54, 1.807) is 18.2 Å². The molecule has 1 atom stereocenters. The molecular formula is C20H21N3O4S. The van der Waals surface area contributed by atoms with Crippen LogP contribution in [-0.4, -0.2) is 37.9 Å². The van der Waals surface area contributed by atoms with Crippen LogP contribution in [-0.2, 0) is 14.8 Å². The van der Waals surface area contributed by atoms with E-state index in [-0.39, 0.29) is 23.4 Å². The topological polar surface area (TPSA) is 94.3 Å². The summed E-state index contributed by atoms with van der Waals surface area (Å²) in [6, 6.07) is 14.2. The minimum absolute atomic E-state index is 0.0639. The molecule has 0 amide bonds. The van der Waals surface area contributed by atoms with Crippen molar-refractivity contribution in [1.29, 1.82) is 0 Å². The second-order valence-electron chi connectivity index (χ2n) is 6.79. The van der Waals surface area contributed by atoms with E-state index >= 15 is 0 Å².